The molecule has 12 heteroatoms. The van der Waals surface area contributed by atoms with Crippen LogP contribution in [-0.2, 0) is 6.67 Å². The summed E-state index contributed by atoms with van der Waals surface area (Å²) in [6, 6.07) is 7.94. The van der Waals surface area contributed by atoms with E-state index in [1.54, 1.807) is 21.5 Å². The molecule has 4 rings (SSSR count). The Hall–Kier alpha value is -4.74. The second-order valence-corrected chi connectivity index (χ2v) is 6.28. The molecule has 0 spiro atoms. The highest BCUT2D eigenvalue weighted by atomic mass is 16.3. The van der Waals surface area contributed by atoms with Gasteiger partial charge < -0.3 is 20.4 Å². The average molecular weight is 420 g/mol. The Morgan fingerprint density at radius 3 is 1.52 bits per heavy atom. The lowest BCUT2D eigenvalue weighted by atomic mass is 10.3. The van der Waals surface area contributed by atoms with Crippen molar-refractivity contribution in [3.05, 3.63) is 61.2 Å². The summed E-state index contributed by atoms with van der Waals surface area (Å²) >= 11 is 0. The van der Waals surface area contributed by atoms with E-state index in [0.29, 0.717) is 0 Å². The molecule has 0 aliphatic heterocycles. The molecule has 31 heavy (non-hydrogen) atoms. The van der Waals surface area contributed by atoms with Crippen LogP contribution in [-0.4, -0.2) is 39.5 Å². The Morgan fingerprint density at radius 1 is 0.645 bits per heavy atom. The highest BCUT2D eigenvalue weighted by Gasteiger charge is 2.08. The average Bonchev–Trinajstić information content (AvgIpc) is 3.36. The third-order valence-electron chi connectivity index (χ3n) is 4.10. The number of aromatic hydroxyl groups is 4. The molecule has 0 aliphatic rings. The maximum atomic E-state index is 9.81. The molecule has 2 heterocycles. The van der Waals surface area contributed by atoms with Gasteiger partial charge in [-0.25, -0.2) is 9.97 Å². The van der Waals surface area contributed by atoms with Crippen molar-refractivity contribution >= 4 is 23.3 Å². The van der Waals surface area contributed by atoms with Crippen LogP contribution in [0.15, 0.2) is 81.6 Å². The van der Waals surface area contributed by atoms with Crippen molar-refractivity contribution in [1.29, 1.82) is 0 Å². The fourth-order valence-electron chi connectivity index (χ4n) is 2.58. The van der Waals surface area contributed by atoms with E-state index < -0.39 is 0 Å². The van der Waals surface area contributed by atoms with Gasteiger partial charge >= 0.3 is 0 Å². The number of phenolic OH excluding ortho intramolecular Hbond substituents is 4. The molecule has 2 aromatic carbocycles. The molecular formula is C19H16N8O4. The zero-order valence-electron chi connectivity index (χ0n) is 15.8. The summed E-state index contributed by atoms with van der Waals surface area (Å²) < 4.78 is 3.33. The highest BCUT2D eigenvalue weighted by molar-refractivity contribution is 5.54. The Labute approximate surface area is 174 Å². The Morgan fingerprint density at radius 2 is 1.10 bits per heavy atom. The van der Waals surface area contributed by atoms with Crippen LogP contribution in [0.1, 0.15) is 0 Å². The second-order valence-electron chi connectivity index (χ2n) is 6.28. The predicted octanol–water partition coefficient (Wildman–Crippen LogP) is 4.24. The Balaban J connectivity index is 1.53. The molecule has 0 saturated heterocycles. The molecule has 4 N–H and O–H groups in total. The normalized spacial score (nSPS) is 11.6. The lowest BCUT2D eigenvalue weighted by Gasteiger charge is -2.06. The van der Waals surface area contributed by atoms with Crippen LogP contribution < -0.4 is 0 Å². The summed E-state index contributed by atoms with van der Waals surface area (Å²) in [5, 5.41) is 54.3. The summed E-state index contributed by atoms with van der Waals surface area (Å²) in [6.07, 6.45) is 6.44. The number of phenols is 4. The quantitative estimate of drug-likeness (QED) is 0.340. The van der Waals surface area contributed by atoms with Gasteiger partial charge in [0.05, 0.1) is 0 Å². The number of rotatable bonds is 6. The smallest absolute Gasteiger partial charge is 0.250 e. The van der Waals surface area contributed by atoms with Crippen molar-refractivity contribution < 1.29 is 20.4 Å². The van der Waals surface area contributed by atoms with E-state index in [0.717, 1.165) is 12.1 Å². The summed E-state index contributed by atoms with van der Waals surface area (Å²) in [6.45, 7) is 0.242. The summed E-state index contributed by atoms with van der Waals surface area (Å²) in [7, 11) is 0. The van der Waals surface area contributed by atoms with Gasteiger partial charge in [-0.2, -0.15) is 0 Å². The molecule has 0 saturated carbocycles. The number of azo groups is 2. The SMILES string of the molecule is Oc1ccc(N=Nc2nccn2Cn2ccnc2N=Nc2ccc(O)cc2O)c(O)c1. The first-order valence-corrected chi connectivity index (χ1v) is 8.89. The van der Waals surface area contributed by atoms with Crippen molar-refractivity contribution in [2.75, 3.05) is 0 Å². The molecule has 0 aliphatic carbocycles. The largest absolute Gasteiger partial charge is 0.508 e. The predicted molar refractivity (Wildman–Crippen MR) is 108 cm³/mol. The topological polar surface area (TPSA) is 166 Å². The van der Waals surface area contributed by atoms with Crippen molar-refractivity contribution in [2.24, 2.45) is 20.5 Å². The zero-order chi connectivity index (χ0) is 21.8. The Bertz CT molecular complexity index is 1180. The summed E-state index contributed by atoms with van der Waals surface area (Å²) in [5.41, 5.74) is 0.358. The number of hydrogen-bond donors (Lipinski definition) is 4. The summed E-state index contributed by atoms with van der Waals surface area (Å²) in [4.78, 5) is 8.26. The van der Waals surface area contributed by atoms with E-state index in [1.807, 2.05) is 0 Å². The van der Waals surface area contributed by atoms with Crippen molar-refractivity contribution in [3.8, 4) is 23.0 Å². The minimum atomic E-state index is -0.211. The molecule has 0 atom stereocenters. The van der Waals surface area contributed by atoms with Crippen LogP contribution in [0.4, 0.5) is 23.3 Å². The van der Waals surface area contributed by atoms with Crippen LogP contribution >= 0.6 is 0 Å². The first-order chi connectivity index (χ1) is 15.0. The number of nitrogens with zero attached hydrogens (tertiary/aromatic N) is 8. The number of hydrogen-bond acceptors (Lipinski definition) is 10. The fourth-order valence-corrected chi connectivity index (χ4v) is 2.58. The van der Waals surface area contributed by atoms with E-state index in [4.69, 9.17) is 0 Å². The molecule has 0 radical (unpaired) electrons. The van der Waals surface area contributed by atoms with Gasteiger partial charge in [-0.1, -0.05) is 0 Å². The van der Waals surface area contributed by atoms with E-state index >= 15 is 0 Å². The molecule has 0 fully saturated rings. The fraction of sp³-hybridized carbons (Fsp3) is 0.0526. The molecule has 4 aromatic rings. The van der Waals surface area contributed by atoms with Crippen LogP contribution in [0.3, 0.4) is 0 Å². The number of imidazole rings is 2. The van der Waals surface area contributed by atoms with Gasteiger partial charge in [0.2, 0.25) is 0 Å². The standard InChI is InChI=1S/C19H16N8O4/c28-12-1-3-14(16(30)9-12)22-24-18-20-5-7-26(18)11-27-8-6-21-19(27)25-23-15-4-2-13(29)10-17(15)31/h1-10,28-31H,11H2. The maximum absolute atomic E-state index is 9.81. The molecule has 156 valence electrons. The molecule has 0 amide bonds. The number of aromatic nitrogens is 4. The first kappa shape index (κ1) is 19.6. The first-order valence-electron chi connectivity index (χ1n) is 8.89. The molecule has 12 nitrogen and oxygen atoms in total. The van der Waals surface area contributed by atoms with E-state index in [-0.39, 0.29) is 52.9 Å². The Kier molecular flexibility index (Phi) is 5.26. The summed E-state index contributed by atoms with van der Waals surface area (Å²) in [5.74, 6) is -0.0606. The van der Waals surface area contributed by atoms with Crippen molar-refractivity contribution in [2.45, 2.75) is 6.67 Å². The van der Waals surface area contributed by atoms with Crippen molar-refractivity contribution in [1.82, 2.24) is 19.1 Å². The molecule has 0 bridgehead atoms. The lowest BCUT2D eigenvalue weighted by molar-refractivity contribution is 0.450. The lowest BCUT2D eigenvalue weighted by Crippen LogP contribution is -2.05. The highest BCUT2D eigenvalue weighted by Crippen LogP contribution is 2.32. The zero-order valence-corrected chi connectivity index (χ0v) is 15.8. The van der Waals surface area contributed by atoms with Gasteiger partial charge in [-0.15, -0.1) is 20.5 Å². The minimum Gasteiger partial charge on any atom is -0.508 e. The molecule has 0 unspecified atom stereocenters. The third-order valence-corrected chi connectivity index (χ3v) is 4.10. The molecule has 2 aromatic heterocycles. The van der Waals surface area contributed by atoms with Gasteiger partial charge in [-0.05, 0) is 24.3 Å². The van der Waals surface area contributed by atoms with E-state index in [1.165, 1.54) is 36.7 Å². The van der Waals surface area contributed by atoms with E-state index in [2.05, 4.69) is 30.4 Å². The van der Waals surface area contributed by atoms with Gasteiger partial charge in [0.25, 0.3) is 11.9 Å². The van der Waals surface area contributed by atoms with Crippen LogP contribution in [0.25, 0.3) is 0 Å². The van der Waals surface area contributed by atoms with Gasteiger partial charge in [0.15, 0.2) is 0 Å². The monoisotopic (exact) mass is 420 g/mol. The second kappa shape index (κ2) is 8.32. The van der Waals surface area contributed by atoms with E-state index in [9.17, 15) is 20.4 Å². The number of benzene rings is 2. The third kappa shape index (κ3) is 4.48. The van der Waals surface area contributed by atoms with Gasteiger partial charge in [-0.3, -0.25) is 9.13 Å². The van der Waals surface area contributed by atoms with Crippen LogP contribution in [0, 0.1) is 0 Å². The van der Waals surface area contributed by atoms with Crippen LogP contribution in [0.5, 0.6) is 23.0 Å². The van der Waals surface area contributed by atoms with Gasteiger partial charge in [0, 0.05) is 36.9 Å². The van der Waals surface area contributed by atoms with Gasteiger partial charge in [0.1, 0.15) is 41.0 Å². The molecular weight excluding hydrogens is 404 g/mol. The van der Waals surface area contributed by atoms with Crippen LogP contribution in [0.2, 0.25) is 0 Å². The van der Waals surface area contributed by atoms with Crippen molar-refractivity contribution in [3.63, 3.8) is 0 Å². The minimum absolute atomic E-state index is 0.0830. The maximum Gasteiger partial charge on any atom is 0.250 e.